The highest BCUT2D eigenvalue weighted by molar-refractivity contribution is 14.1. The predicted octanol–water partition coefficient (Wildman–Crippen LogP) is 3.22. The average molecular weight is 469 g/mol. The number of anilines is 1. The summed E-state index contributed by atoms with van der Waals surface area (Å²) < 4.78 is 11.6. The fraction of sp³-hybridized carbons (Fsp3) is 0.667. The van der Waals surface area contributed by atoms with Crippen molar-refractivity contribution < 1.29 is 14.3 Å². The van der Waals surface area contributed by atoms with E-state index >= 15 is 0 Å². The lowest BCUT2D eigenvalue weighted by atomic mass is 9.90. The van der Waals surface area contributed by atoms with Gasteiger partial charge in [-0.2, -0.15) is 4.98 Å². The topological polar surface area (TPSA) is 85.4 Å². The van der Waals surface area contributed by atoms with E-state index in [4.69, 9.17) is 21.1 Å². The van der Waals surface area contributed by atoms with E-state index in [9.17, 15) is 4.79 Å². The lowest BCUT2D eigenvalue weighted by Crippen LogP contribution is -2.53. The van der Waals surface area contributed by atoms with E-state index in [2.05, 4.69) is 43.2 Å². The number of aromatic nitrogens is 2. The first kappa shape index (κ1) is 19.5. The van der Waals surface area contributed by atoms with E-state index in [0.717, 1.165) is 16.4 Å². The number of nitrogens with one attached hydrogen (secondary N) is 2. The van der Waals surface area contributed by atoms with Crippen LogP contribution in [0.4, 0.5) is 10.6 Å². The second-order valence-electron chi connectivity index (χ2n) is 6.71. The van der Waals surface area contributed by atoms with Gasteiger partial charge < -0.3 is 20.1 Å². The molecule has 0 atom stereocenters. The molecular formula is C15H22ClIN4O3. The molecule has 0 radical (unpaired) electrons. The van der Waals surface area contributed by atoms with Gasteiger partial charge >= 0.3 is 6.09 Å². The van der Waals surface area contributed by atoms with Gasteiger partial charge in [-0.3, -0.25) is 0 Å². The van der Waals surface area contributed by atoms with Crippen molar-refractivity contribution in [1.29, 1.82) is 0 Å². The van der Waals surface area contributed by atoms with Crippen molar-refractivity contribution in [1.82, 2.24) is 15.3 Å². The zero-order chi connectivity index (χ0) is 17.8. The largest absolute Gasteiger partial charge is 0.444 e. The summed E-state index contributed by atoms with van der Waals surface area (Å²) in [6, 6.07) is 0. The molecule has 2 rings (SSSR count). The van der Waals surface area contributed by atoms with Crippen molar-refractivity contribution in [3.8, 4) is 0 Å². The first-order valence-electron chi connectivity index (χ1n) is 7.70. The number of hydrogen-bond donors (Lipinski definition) is 2. The van der Waals surface area contributed by atoms with Gasteiger partial charge in [0.25, 0.3) is 0 Å². The number of amides is 1. The summed E-state index contributed by atoms with van der Waals surface area (Å²) in [6.07, 6.45) is 2.69. The van der Waals surface area contributed by atoms with Crippen LogP contribution in [0, 0.1) is 3.57 Å². The van der Waals surface area contributed by atoms with Gasteiger partial charge in [0.05, 0.1) is 9.11 Å². The number of nitrogens with zero attached hydrogens (tertiary/aromatic N) is 2. The zero-order valence-corrected chi connectivity index (χ0v) is 16.9. The maximum Gasteiger partial charge on any atom is 0.407 e. The Morgan fingerprint density at radius 2 is 2.12 bits per heavy atom. The predicted molar refractivity (Wildman–Crippen MR) is 100 cm³/mol. The third-order valence-corrected chi connectivity index (χ3v) is 4.49. The number of rotatable bonds is 4. The normalized spacial score (nSPS) is 17.2. The molecule has 7 nitrogen and oxygen atoms in total. The number of carbonyl (C=O) groups excluding carboxylic acids is 1. The van der Waals surface area contributed by atoms with Crippen LogP contribution in [0.5, 0.6) is 0 Å². The molecule has 2 heterocycles. The molecule has 1 saturated heterocycles. The molecule has 0 aromatic carbocycles. The SMILES string of the molecule is CC(C)(C)OC(=O)NCC1(Nc2nc(Cl)ncc2I)CCOCC1. The smallest absolute Gasteiger partial charge is 0.407 e. The minimum absolute atomic E-state index is 0.181. The van der Waals surface area contributed by atoms with Crippen LogP contribution in [0.1, 0.15) is 33.6 Å². The highest BCUT2D eigenvalue weighted by Crippen LogP contribution is 2.27. The van der Waals surface area contributed by atoms with Crippen LogP contribution >= 0.6 is 34.2 Å². The molecule has 1 aromatic heterocycles. The quantitative estimate of drug-likeness (QED) is 0.521. The summed E-state index contributed by atoms with van der Waals surface area (Å²) in [6.45, 7) is 7.13. The van der Waals surface area contributed by atoms with Gasteiger partial charge in [0.2, 0.25) is 5.28 Å². The van der Waals surface area contributed by atoms with Gasteiger partial charge in [0, 0.05) is 26.0 Å². The van der Waals surface area contributed by atoms with Crippen LogP contribution in [-0.4, -0.2) is 47.0 Å². The number of carbonyl (C=O) groups is 1. The monoisotopic (exact) mass is 468 g/mol. The highest BCUT2D eigenvalue weighted by atomic mass is 127. The molecule has 2 N–H and O–H groups in total. The van der Waals surface area contributed by atoms with Crippen molar-refractivity contribution in [3.05, 3.63) is 15.1 Å². The van der Waals surface area contributed by atoms with Crippen LogP contribution in [0.3, 0.4) is 0 Å². The van der Waals surface area contributed by atoms with E-state index in [-0.39, 0.29) is 10.8 Å². The Morgan fingerprint density at radius 1 is 1.46 bits per heavy atom. The molecule has 0 unspecified atom stereocenters. The standard InChI is InChI=1S/C15H22ClIN4O3/c1-14(2,3)24-13(22)19-9-15(4-6-23-7-5-15)21-11-10(17)8-18-12(16)20-11/h8H,4-7,9H2,1-3H3,(H,19,22)(H,18,20,21). The molecule has 1 aromatic rings. The third kappa shape index (κ3) is 5.89. The summed E-state index contributed by atoms with van der Waals surface area (Å²) >= 11 is 8.05. The summed E-state index contributed by atoms with van der Waals surface area (Å²) in [5.74, 6) is 0.656. The molecule has 1 amide bonds. The van der Waals surface area contributed by atoms with Crippen molar-refractivity contribution in [2.45, 2.75) is 44.8 Å². The molecule has 9 heteroatoms. The summed E-state index contributed by atoms with van der Waals surface area (Å²) in [5.41, 5.74) is -0.900. The van der Waals surface area contributed by atoms with Crippen molar-refractivity contribution >= 4 is 46.1 Å². The highest BCUT2D eigenvalue weighted by Gasteiger charge is 2.34. The molecule has 0 spiro atoms. The maximum absolute atomic E-state index is 12.0. The molecule has 1 aliphatic heterocycles. The summed E-state index contributed by atoms with van der Waals surface area (Å²) in [4.78, 5) is 20.2. The lowest BCUT2D eigenvalue weighted by molar-refractivity contribution is 0.0425. The van der Waals surface area contributed by atoms with Crippen LogP contribution in [0.2, 0.25) is 5.28 Å². The lowest BCUT2D eigenvalue weighted by Gasteiger charge is -2.38. The summed E-state index contributed by atoms with van der Waals surface area (Å²) in [5, 5.41) is 6.46. The second-order valence-corrected chi connectivity index (χ2v) is 8.21. The minimum atomic E-state index is -0.532. The molecule has 24 heavy (non-hydrogen) atoms. The Morgan fingerprint density at radius 3 is 2.75 bits per heavy atom. The number of ether oxygens (including phenoxy) is 2. The maximum atomic E-state index is 12.0. The zero-order valence-electron chi connectivity index (χ0n) is 14.0. The minimum Gasteiger partial charge on any atom is -0.444 e. The molecule has 0 bridgehead atoms. The fourth-order valence-electron chi connectivity index (χ4n) is 2.35. The molecule has 1 fully saturated rings. The Kier molecular flexibility index (Phi) is 6.49. The molecule has 1 aliphatic rings. The first-order valence-corrected chi connectivity index (χ1v) is 9.16. The Hall–Kier alpha value is -0.870. The van der Waals surface area contributed by atoms with Crippen molar-refractivity contribution in [2.75, 3.05) is 25.1 Å². The van der Waals surface area contributed by atoms with E-state index in [1.165, 1.54) is 0 Å². The molecular weight excluding hydrogens is 447 g/mol. The number of alkyl carbamates (subject to hydrolysis) is 1. The Bertz CT molecular complexity index is 589. The summed E-state index contributed by atoms with van der Waals surface area (Å²) in [7, 11) is 0. The van der Waals surface area contributed by atoms with Crippen molar-refractivity contribution in [2.24, 2.45) is 0 Å². The average Bonchev–Trinajstić information content (AvgIpc) is 2.48. The number of halogens is 2. The Labute approximate surface area is 160 Å². The van der Waals surface area contributed by atoms with E-state index in [1.54, 1.807) is 6.20 Å². The van der Waals surface area contributed by atoms with E-state index in [0.29, 0.717) is 25.6 Å². The van der Waals surface area contributed by atoms with Gasteiger partial charge in [0.15, 0.2) is 0 Å². The van der Waals surface area contributed by atoms with Crippen LogP contribution in [0.15, 0.2) is 6.20 Å². The second kappa shape index (κ2) is 8.01. The fourth-order valence-corrected chi connectivity index (χ4v) is 2.88. The van der Waals surface area contributed by atoms with Crippen LogP contribution in [-0.2, 0) is 9.47 Å². The third-order valence-electron chi connectivity index (χ3n) is 3.52. The van der Waals surface area contributed by atoms with Gasteiger partial charge in [-0.1, -0.05) is 0 Å². The van der Waals surface area contributed by atoms with Crippen molar-refractivity contribution in [3.63, 3.8) is 0 Å². The molecule has 134 valence electrons. The van der Waals surface area contributed by atoms with Crippen LogP contribution < -0.4 is 10.6 Å². The van der Waals surface area contributed by atoms with Gasteiger partial charge in [-0.25, -0.2) is 9.78 Å². The molecule has 0 aliphatic carbocycles. The Balaban J connectivity index is 2.09. The molecule has 0 saturated carbocycles. The van der Waals surface area contributed by atoms with Gasteiger partial charge in [-0.05, 0) is 67.8 Å². The number of hydrogen-bond acceptors (Lipinski definition) is 6. The first-order chi connectivity index (χ1) is 11.2. The van der Waals surface area contributed by atoms with E-state index in [1.807, 2.05) is 20.8 Å². The van der Waals surface area contributed by atoms with E-state index < -0.39 is 11.7 Å². The van der Waals surface area contributed by atoms with Gasteiger partial charge in [0.1, 0.15) is 11.4 Å². The van der Waals surface area contributed by atoms with Gasteiger partial charge in [-0.15, -0.1) is 0 Å². The van der Waals surface area contributed by atoms with Crippen LogP contribution in [0.25, 0.3) is 0 Å².